The molecule has 3 aromatic carbocycles. The van der Waals surface area contributed by atoms with Gasteiger partial charge in [0.15, 0.2) is 0 Å². The van der Waals surface area contributed by atoms with Crippen LogP contribution >= 0.6 is 11.8 Å². The second-order valence-corrected chi connectivity index (χ2v) is 7.76. The van der Waals surface area contributed by atoms with Gasteiger partial charge in [0.05, 0.1) is 0 Å². The van der Waals surface area contributed by atoms with Gasteiger partial charge < -0.3 is 5.32 Å². The van der Waals surface area contributed by atoms with Crippen molar-refractivity contribution in [3.05, 3.63) is 88.5 Å². The fourth-order valence-electron chi connectivity index (χ4n) is 2.64. The Kier molecular flexibility index (Phi) is 5.48. The number of hydrogen-bond acceptors (Lipinski definition) is 2. The molecule has 0 bridgehead atoms. The molecule has 2 nitrogen and oxygen atoms in total. The topological polar surface area (TPSA) is 29.1 Å². The molecule has 26 heavy (non-hydrogen) atoms. The predicted molar refractivity (Wildman–Crippen MR) is 110 cm³/mol. The van der Waals surface area contributed by atoms with E-state index in [4.69, 9.17) is 0 Å². The second-order valence-electron chi connectivity index (χ2n) is 6.65. The summed E-state index contributed by atoms with van der Waals surface area (Å²) in [6, 6.07) is 20.2. The zero-order chi connectivity index (χ0) is 18.7. The molecule has 132 valence electrons. The highest BCUT2D eigenvalue weighted by Gasteiger charge is 2.08. The normalized spacial score (nSPS) is 10.6. The number of hydrogen-bond donors (Lipinski definition) is 1. The smallest absolute Gasteiger partial charge is 0.255 e. The highest BCUT2D eigenvalue weighted by Crippen LogP contribution is 2.31. The molecule has 0 atom stereocenters. The zero-order valence-electron chi connectivity index (χ0n) is 15.6. The van der Waals surface area contributed by atoms with Crippen LogP contribution in [0.2, 0.25) is 0 Å². The molecule has 0 aliphatic carbocycles. The lowest BCUT2D eigenvalue weighted by molar-refractivity contribution is 0.102. The van der Waals surface area contributed by atoms with Gasteiger partial charge in [-0.2, -0.15) is 0 Å². The molecule has 0 saturated heterocycles. The summed E-state index contributed by atoms with van der Waals surface area (Å²) in [5.74, 6) is -0.0805. The molecule has 3 aromatic rings. The minimum Gasteiger partial charge on any atom is -0.322 e. The van der Waals surface area contributed by atoms with Crippen molar-refractivity contribution in [3.8, 4) is 0 Å². The van der Waals surface area contributed by atoms with Gasteiger partial charge in [0.25, 0.3) is 5.91 Å². The van der Waals surface area contributed by atoms with Crippen LogP contribution < -0.4 is 5.32 Å². The lowest BCUT2D eigenvalue weighted by Crippen LogP contribution is -2.12. The van der Waals surface area contributed by atoms with Crippen molar-refractivity contribution in [3.63, 3.8) is 0 Å². The summed E-state index contributed by atoms with van der Waals surface area (Å²) in [5.41, 5.74) is 6.33. The maximum absolute atomic E-state index is 12.4. The molecule has 0 saturated carbocycles. The second kappa shape index (κ2) is 7.79. The van der Waals surface area contributed by atoms with E-state index in [0.29, 0.717) is 5.56 Å². The Labute approximate surface area is 159 Å². The van der Waals surface area contributed by atoms with Crippen LogP contribution in [-0.4, -0.2) is 5.91 Å². The third kappa shape index (κ3) is 4.36. The van der Waals surface area contributed by atoms with Gasteiger partial charge in [0.2, 0.25) is 0 Å². The largest absolute Gasteiger partial charge is 0.322 e. The van der Waals surface area contributed by atoms with E-state index in [1.807, 2.05) is 56.3 Å². The molecule has 3 rings (SSSR count). The van der Waals surface area contributed by atoms with Crippen LogP contribution in [0.4, 0.5) is 5.69 Å². The van der Waals surface area contributed by atoms with E-state index in [2.05, 4.69) is 37.4 Å². The fourth-order valence-corrected chi connectivity index (χ4v) is 3.64. The number of carbonyl (C=O) groups excluding carboxylic acids is 1. The Bertz CT molecular complexity index is 945. The van der Waals surface area contributed by atoms with E-state index in [9.17, 15) is 4.79 Å². The number of benzene rings is 3. The number of rotatable bonds is 4. The van der Waals surface area contributed by atoms with Crippen molar-refractivity contribution >= 4 is 23.4 Å². The van der Waals surface area contributed by atoms with Crippen LogP contribution in [0.3, 0.4) is 0 Å². The summed E-state index contributed by atoms with van der Waals surface area (Å²) in [7, 11) is 0. The van der Waals surface area contributed by atoms with Crippen molar-refractivity contribution in [2.45, 2.75) is 37.5 Å². The molecular formula is C23H23NOS. The fraction of sp³-hybridized carbons (Fsp3) is 0.174. The first-order valence-electron chi connectivity index (χ1n) is 8.66. The molecule has 0 spiro atoms. The van der Waals surface area contributed by atoms with Crippen molar-refractivity contribution < 1.29 is 4.79 Å². The average Bonchev–Trinajstić information content (AvgIpc) is 2.62. The molecule has 0 radical (unpaired) electrons. The van der Waals surface area contributed by atoms with Crippen LogP contribution in [0.15, 0.2) is 70.5 Å². The van der Waals surface area contributed by atoms with E-state index in [0.717, 1.165) is 16.1 Å². The summed E-state index contributed by atoms with van der Waals surface area (Å²) in [6.07, 6.45) is 0. The molecule has 1 N–H and O–H groups in total. The highest BCUT2D eigenvalue weighted by molar-refractivity contribution is 7.99. The number of anilines is 1. The van der Waals surface area contributed by atoms with E-state index >= 15 is 0 Å². The average molecular weight is 362 g/mol. The molecule has 0 aliphatic heterocycles. The van der Waals surface area contributed by atoms with Gasteiger partial charge in [-0.15, -0.1) is 0 Å². The van der Waals surface area contributed by atoms with Crippen LogP contribution in [0, 0.1) is 27.7 Å². The maximum atomic E-state index is 12.4. The molecule has 0 heterocycles. The summed E-state index contributed by atoms with van der Waals surface area (Å²) < 4.78 is 0. The molecule has 0 fully saturated rings. The van der Waals surface area contributed by atoms with Crippen molar-refractivity contribution in [1.29, 1.82) is 0 Å². The lowest BCUT2D eigenvalue weighted by atomic mass is 10.1. The van der Waals surface area contributed by atoms with E-state index < -0.39 is 0 Å². The van der Waals surface area contributed by atoms with E-state index in [-0.39, 0.29) is 5.91 Å². The molecule has 0 unspecified atom stereocenters. The predicted octanol–water partition coefficient (Wildman–Crippen LogP) is 6.32. The van der Waals surface area contributed by atoms with Gasteiger partial charge in [-0.05, 0) is 92.4 Å². The molecule has 0 aromatic heterocycles. The molecule has 1 amide bonds. The Morgan fingerprint density at radius 3 is 2.15 bits per heavy atom. The first kappa shape index (κ1) is 18.3. The molecule has 3 heteroatoms. The Morgan fingerprint density at radius 1 is 0.769 bits per heavy atom. The minimum atomic E-state index is -0.0805. The Hall–Kier alpha value is -2.52. The summed E-state index contributed by atoms with van der Waals surface area (Å²) in [4.78, 5) is 14.8. The van der Waals surface area contributed by atoms with Crippen molar-refractivity contribution in [2.24, 2.45) is 0 Å². The summed E-state index contributed by atoms with van der Waals surface area (Å²) >= 11 is 1.74. The number of aryl methyl sites for hydroxylation is 4. The maximum Gasteiger partial charge on any atom is 0.255 e. The van der Waals surface area contributed by atoms with Gasteiger partial charge >= 0.3 is 0 Å². The minimum absolute atomic E-state index is 0.0805. The molecular weight excluding hydrogens is 338 g/mol. The van der Waals surface area contributed by atoms with Crippen LogP contribution in [-0.2, 0) is 0 Å². The third-order valence-electron chi connectivity index (χ3n) is 4.45. The SMILES string of the molecule is Cc1ccc(C)c(Sc2ccc(NC(=O)c3ccc(C)c(C)c3)cc2)c1. The van der Waals surface area contributed by atoms with E-state index in [1.165, 1.54) is 21.6 Å². The first-order chi connectivity index (χ1) is 12.4. The van der Waals surface area contributed by atoms with Crippen molar-refractivity contribution in [2.75, 3.05) is 5.32 Å². The number of carbonyl (C=O) groups is 1. The monoisotopic (exact) mass is 361 g/mol. The molecule has 0 aliphatic rings. The van der Waals surface area contributed by atoms with Crippen LogP contribution in [0.25, 0.3) is 0 Å². The highest BCUT2D eigenvalue weighted by atomic mass is 32.2. The van der Waals surface area contributed by atoms with Gasteiger partial charge in [-0.25, -0.2) is 0 Å². The Morgan fingerprint density at radius 2 is 1.46 bits per heavy atom. The van der Waals surface area contributed by atoms with Crippen LogP contribution in [0.1, 0.15) is 32.6 Å². The lowest BCUT2D eigenvalue weighted by Gasteiger charge is -2.09. The van der Waals surface area contributed by atoms with Crippen molar-refractivity contribution in [1.82, 2.24) is 0 Å². The van der Waals surface area contributed by atoms with Gasteiger partial charge in [0.1, 0.15) is 0 Å². The van der Waals surface area contributed by atoms with Gasteiger partial charge in [-0.1, -0.05) is 30.0 Å². The quantitative estimate of drug-likeness (QED) is 0.589. The van der Waals surface area contributed by atoms with E-state index in [1.54, 1.807) is 11.8 Å². The first-order valence-corrected chi connectivity index (χ1v) is 9.48. The third-order valence-corrected chi connectivity index (χ3v) is 5.62. The number of amides is 1. The Balaban J connectivity index is 1.70. The number of nitrogens with one attached hydrogen (secondary N) is 1. The summed E-state index contributed by atoms with van der Waals surface area (Å²) in [5, 5.41) is 2.97. The zero-order valence-corrected chi connectivity index (χ0v) is 16.4. The van der Waals surface area contributed by atoms with Gasteiger partial charge in [-0.3, -0.25) is 4.79 Å². The summed E-state index contributed by atoms with van der Waals surface area (Å²) in [6.45, 7) is 8.30. The standard InChI is InChI=1S/C23H23NOS/c1-15-5-6-17(3)22(13-15)26-21-11-9-20(10-12-21)24-23(25)19-8-7-16(2)18(4)14-19/h5-14H,1-4H3,(H,24,25). The van der Waals surface area contributed by atoms with Gasteiger partial charge in [0, 0.05) is 21.0 Å². The van der Waals surface area contributed by atoms with Crippen LogP contribution in [0.5, 0.6) is 0 Å².